The molecule has 0 unspecified atom stereocenters. The van der Waals surface area contributed by atoms with Gasteiger partial charge in [-0.15, -0.1) is 56.1 Å². The van der Waals surface area contributed by atoms with E-state index in [9.17, 15) is 66.4 Å². The van der Waals surface area contributed by atoms with E-state index in [2.05, 4.69) is 138 Å². The Balaban J connectivity index is 0.000000173. The van der Waals surface area contributed by atoms with Crippen molar-refractivity contribution in [2.75, 3.05) is 168 Å². The van der Waals surface area contributed by atoms with Crippen LogP contribution in [0.3, 0.4) is 0 Å². The fourth-order valence-electron chi connectivity index (χ4n) is 10.6. The van der Waals surface area contributed by atoms with Crippen LogP contribution >= 0.6 is 0 Å². The van der Waals surface area contributed by atoms with Crippen molar-refractivity contribution in [2.45, 2.75) is 0 Å². The maximum atomic E-state index is 9.46. The molecule has 0 saturated carbocycles. The normalized spacial score (nSPS) is 10.3. The Bertz CT molecular complexity index is 6570. The first-order valence-electron chi connectivity index (χ1n) is 39.1. The zero-order valence-corrected chi connectivity index (χ0v) is 74.9. The smallest absolute Gasteiger partial charge is 0.250 e. The van der Waals surface area contributed by atoms with E-state index < -0.39 is 0 Å². The Morgan fingerprint density at radius 1 is 0.274 bits per heavy atom. The Morgan fingerprint density at radius 2 is 0.600 bits per heavy atom. The van der Waals surface area contributed by atoms with E-state index in [1.54, 1.807) is 148 Å². The van der Waals surface area contributed by atoms with Gasteiger partial charge < -0.3 is 165 Å². The number of aromatic amines is 5. The molecule has 56 nitrogen and oxygen atoms in total. The van der Waals surface area contributed by atoms with Crippen LogP contribution in [0.5, 0.6) is 92.0 Å². The summed E-state index contributed by atoms with van der Waals surface area (Å²) in [7, 11) is 26.8. The number of anilines is 24. The molecule has 33 N–H and O–H groups in total. The maximum absolute atomic E-state index is 9.46. The number of hydrogen-bond acceptors (Lipinski definition) is 48. The van der Waals surface area contributed by atoms with Gasteiger partial charge in [-0.3, -0.25) is 13.7 Å². The standard InChI is InChI=1S/2C11H15N5O2.3C10H13N5O2.3C9H11N5O2/c1-15(2)10-12-11(14-13-10)16(3)7-4-5-8(17)9(18)6-7;1-15(2)11-14-13-10(16(11)3)12-7-4-5-8(17)9(18)6-7;1-14(10-13-12-9(11)15(10)2)6-3-4-7(16)8(17)5-6;1-15(2)10-12-9(13-14-10)11-6-3-4-7(16)8(17)5-6;1-11-9-12-10(14-13-9)15(2)6-3-4-7(16)8(17)5-6;1-14(9-11-8(10)12-13-9)5-2-3-6(15)7(16)4-5;1-14-8(10)12-13-9(14)11-5-2-3-6(15)7(16)4-5;1-10-8-12-9(14-13-8)11-5-2-3-6(15)7(16)4-5/h4-6,17-18H,1-3H3,(H,12,13,14);4-6,17-18H,1-3H3,(H,12,13);3-5,16-17H,1-2H3,(H2,11,12);2*3-5,16-17H,1-2H3,(H2,11,12,13,14);2-4,15-16H,1H3,(H3,10,11,12,13);2-4,15-16H,1H3,(H2,10,12)(H,11,13);2-4,15-16H,1H3,(H3,10,11,12,13,14). The van der Waals surface area contributed by atoms with Crippen molar-refractivity contribution in [2.24, 2.45) is 21.1 Å². The van der Waals surface area contributed by atoms with Crippen LogP contribution in [-0.2, 0) is 21.1 Å². The summed E-state index contributed by atoms with van der Waals surface area (Å²) in [5.74, 6) is 4.59. The predicted octanol–water partition coefficient (Wildman–Crippen LogP) is 6.83. The second-order valence-corrected chi connectivity index (χ2v) is 28.6. The number of phenolic OH excluding ortho intramolecular Hbond substituents is 16. The highest BCUT2D eigenvalue weighted by Crippen LogP contribution is 2.38. The van der Waals surface area contributed by atoms with Gasteiger partial charge in [0.1, 0.15) is 0 Å². The van der Waals surface area contributed by atoms with Gasteiger partial charge in [0.05, 0.1) is 0 Å². The monoisotopic (exact) mass is 1870 g/mol. The summed E-state index contributed by atoms with van der Waals surface area (Å²) >= 11 is 0. The average molecular weight is 1870 g/mol. The quantitative estimate of drug-likeness (QED) is 0.0259. The lowest BCUT2D eigenvalue weighted by molar-refractivity contribution is 0.404. The number of aromatic hydroxyl groups is 16. The van der Waals surface area contributed by atoms with Crippen LogP contribution in [0.2, 0.25) is 0 Å². The third-order valence-electron chi connectivity index (χ3n) is 18.2. The van der Waals surface area contributed by atoms with Crippen molar-refractivity contribution in [3.8, 4) is 92.0 Å². The number of nitrogens with one attached hydrogen (secondary N) is 11. The van der Waals surface area contributed by atoms with E-state index >= 15 is 0 Å². The van der Waals surface area contributed by atoms with Crippen LogP contribution in [0.25, 0.3) is 0 Å². The lowest BCUT2D eigenvalue weighted by Crippen LogP contribution is -2.14. The fourth-order valence-corrected chi connectivity index (χ4v) is 10.6. The Labute approximate surface area is 766 Å². The Hall–Kier alpha value is -19.5. The van der Waals surface area contributed by atoms with Crippen molar-refractivity contribution >= 4 is 141 Å². The zero-order chi connectivity index (χ0) is 98.9. The van der Waals surface area contributed by atoms with Crippen molar-refractivity contribution in [3.05, 3.63) is 146 Å². The lowest BCUT2D eigenvalue weighted by atomic mass is 10.2. The topological polar surface area (TPSA) is 797 Å². The second-order valence-electron chi connectivity index (χ2n) is 28.6. The van der Waals surface area contributed by atoms with Gasteiger partial charge in [0, 0.05) is 200 Å². The molecule has 0 saturated heterocycles. The maximum Gasteiger partial charge on any atom is 0.250 e. The van der Waals surface area contributed by atoms with Gasteiger partial charge in [0.25, 0.3) is 11.9 Å². The van der Waals surface area contributed by atoms with Gasteiger partial charge >= 0.3 is 0 Å². The third-order valence-corrected chi connectivity index (χ3v) is 18.2. The average Bonchev–Trinajstić information content (AvgIpc) is 1.71. The molecule has 0 atom stereocenters. The van der Waals surface area contributed by atoms with Gasteiger partial charge in [-0.1, -0.05) is 0 Å². The number of nitrogen functional groups attached to an aromatic ring is 3. The molecule has 0 radical (unpaired) electrons. The molecule has 0 bridgehead atoms. The number of nitrogens with two attached hydrogens (primary N) is 3. The van der Waals surface area contributed by atoms with Crippen LogP contribution in [0.4, 0.5) is 141 Å². The molecule has 0 spiro atoms. The lowest BCUT2D eigenvalue weighted by Gasteiger charge is -2.17. The van der Waals surface area contributed by atoms with Crippen LogP contribution < -0.4 is 83.4 Å². The third kappa shape index (κ3) is 26.8. The van der Waals surface area contributed by atoms with Crippen LogP contribution in [0.1, 0.15) is 0 Å². The summed E-state index contributed by atoms with van der Waals surface area (Å²) in [6.07, 6.45) is 0. The van der Waals surface area contributed by atoms with E-state index in [-0.39, 0.29) is 104 Å². The molecule has 0 aliphatic carbocycles. The van der Waals surface area contributed by atoms with Crippen molar-refractivity contribution < 1.29 is 81.7 Å². The molecule has 0 amide bonds. The van der Waals surface area contributed by atoms with Crippen LogP contribution in [0.15, 0.2) is 146 Å². The molecule has 56 heteroatoms. The number of phenols is 16. The molecule has 16 aromatic rings. The number of aromatic nitrogens is 24. The van der Waals surface area contributed by atoms with Gasteiger partial charge in [0.2, 0.25) is 83.3 Å². The first-order chi connectivity index (χ1) is 64.0. The summed E-state index contributed by atoms with van der Waals surface area (Å²) in [4.78, 5) is 32.7. The molecular weight excluding hydrogens is 1770 g/mol. The molecule has 0 aliphatic rings. The first-order valence-corrected chi connectivity index (χ1v) is 39.1. The number of benzene rings is 8. The largest absolute Gasteiger partial charge is 0.504 e. The first kappa shape index (κ1) is 99.3. The van der Waals surface area contributed by atoms with E-state index in [0.29, 0.717) is 129 Å². The van der Waals surface area contributed by atoms with Crippen molar-refractivity contribution in [1.29, 1.82) is 0 Å². The minimum atomic E-state index is -0.208. The van der Waals surface area contributed by atoms with Crippen molar-refractivity contribution in [3.63, 3.8) is 0 Å². The summed E-state index contributed by atoms with van der Waals surface area (Å²) < 4.78 is 4.96. The SMILES string of the molecule is CN(C)c1n[nH]c(N(C)c2ccc(O)c(O)c2)n1.CN(C)c1n[nH]c(Nc2ccc(O)c(O)c2)n1.CN(C)c1nnc(Nc2ccc(O)c(O)c2)n1C.CN(c1ccc(O)c(O)c1)c1n[nH]c(N)n1.CN(c1ccc(O)c(O)c1)c1nnc(N)n1C.CNc1n[nH]c(Nc2ccc(O)c(O)c2)n1.CNc1nc(N(C)c2ccc(O)c(O)c2)n[nH]1.Cn1c(N)nnc1Nc1ccc(O)c(O)c1. The van der Waals surface area contributed by atoms with E-state index in [1.807, 2.05) is 54.2 Å². The molecule has 0 fully saturated rings. The summed E-state index contributed by atoms with van der Waals surface area (Å²) in [6, 6.07) is 35.5. The highest BCUT2D eigenvalue weighted by Gasteiger charge is 2.20. The van der Waals surface area contributed by atoms with Gasteiger partial charge in [-0.2, -0.15) is 24.9 Å². The van der Waals surface area contributed by atoms with E-state index in [1.165, 1.54) is 97.1 Å². The number of nitrogens with zero attached hydrogens (tertiary/aromatic N) is 26. The summed E-state index contributed by atoms with van der Waals surface area (Å²) in [6.45, 7) is 0. The van der Waals surface area contributed by atoms with Crippen LogP contribution in [0, 0.1) is 0 Å². The van der Waals surface area contributed by atoms with E-state index in [0.717, 1.165) is 0 Å². The Kier molecular flexibility index (Phi) is 32.9. The van der Waals surface area contributed by atoms with Crippen molar-refractivity contribution in [1.82, 2.24) is 120 Å². The molecule has 135 heavy (non-hydrogen) atoms. The summed E-state index contributed by atoms with van der Waals surface area (Å²) in [5, 5.41) is 222. The van der Waals surface area contributed by atoms with Crippen LogP contribution in [-0.4, -0.2) is 286 Å². The number of H-pyrrole nitrogens is 5. The van der Waals surface area contributed by atoms with Gasteiger partial charge in [0.15, 0.2) is 92.0 Å². The number of hydrogen-bond donors (Lipinski definition) is 30. The molecule has 8 aromatic heterocycles. The molecule has 0 aliphatic heterocycles. The minimum Gasteiger partial charge on any atom is -0.504 e. The van der Waals surface area contributed by atoms with Gasteiger partial charge in [-0.25, -0.2) is 25.5 Å². The second kappa shape index (κ2) is 44.8. The zero-order valence-electron chi connectivity index (χ0n) is 74.9. The molecule has 8 heterocycles. The highest BCUT2D eigenvalue weighted by molar-refractivity contribution is 5.68. The minimum absolute atomic E-state index is 0.154. The molecule has 8 aromatic carbocycles. The molecular formula is C79H102N40O16. The fraction of sp³-hybridized carbons (Fsp3) is 0.190. The predicted molar refractivity (Wildman–Crippen MR) is 504 cm³/mol. The Morgan fingerprint density at radius 3 is 0.941 bits per heavy atom. The highest BCUT2D eigenvalue weighted by atomic mass is 16.3. The molecule has 16 rings (SSSR count). The summed E-state index contributed by atoms with van der Waals surface area (Å²) in [5.41, 5.74) is 21.5. The van der Waals surface area contributed by atoms with E-state index in [4.69, 9.17) is 32.5 Å². The molecule has 714 valence electrons. The van der Waals surface area contributed by atoms with Gasteiger partial charge in [-0.05, 0) is 97.1 Å². The number of rotatable bonds is 21.